The zero-order valence-electron chi connectivity index (χ0n) is 8.68. The van der Waals surface area contributed by atoms with E-state index in [0.29, 0.717) is 5.02 Å². The maximum absolute atomic E-state index is 6.01. The third-order valence-electron chi connectivity index (χ3n) is 2.38. The van der Waals surface area contributed by atoms with Crippen LogP contribution < -0.4 is 11.5 Å². The van der Waals surface area contributed by atoms with E-state index in [1.54, 1.807) is 0 Å². The molecular weight excluding hydrogens is 196 g/mol. The van der Waals surface area contributed by atoms with E-state index in [9.17, 15) is 0 Å². The minimum Gasteiger partial charge on any atom is -0.398 e. The average Bonchev–Trinajstić information content (AvgIpc) is 2.11. The van der Waals surface area contributed by atoms with Gasteiger partial charge in [0.25, 0.3) is 0 Å². The first-order valence-corrected chi connectivity index (χ1v) is 5.25. The SMILES string of the molecule is CCC[C@@H](N)c1cc(Cl)cc(C)c1N. The maximum Gasteiger partial charge on any atom is 0.0413 e. The molecule has 0 heterocycles. The summed E-state index contributed by atoms with van der Waals surface area (Å²) in [6.45, 7) is 4.05. The molecule has 0 bridgehead atoms. The van der Waals surface area contributed by atoms with Crippen LogP contribution in [0, 0.1) is 6.92 Å². The lowest BCUT2D eigenvalue weighted by molar-refractivity contribution is 0.640. The molecule has 0 aliphatic heterocycles. The summed E-state index contributed by atoms with van der Waals surface area (Å²) < 4.78 is 0. The van der Waals surface area contributed by atoms with Gasteiger partial charge in [-0.05, 0) is 36.6 Å². The number of nitrogen functional groups attached to an aromatic ring is 1. The Morgan fingerprint density at radius 2 is 2.07 bits per heavy atom. The molecular formula is C11H17ClN2. The zero-order valence-corrected chi connectivity index (χ0v) is 9.43. The lowest BCUT2D eigenvalue weighted by Crippen LogP contribution is -2.12. The molecule has 0 aliphatic rings. The standard InChI is InChI=1S/C11H17ClN2/c1-3-4-10(13)9-6-8(12)5-7(2)11(9)14/h5-6,10H,3-4,13-14H2,1-2H3/t10-/m1/s1. The van der Waals surface area contributed by atoms with E-state index < -0.39 is 0 Å². The van der Waals surface area contributed by atoms with Crippen LogP contribution in [0.4, 0.5) is 5.69 Å². The van der Waals surface area contributed by atoms with Gasteiger partial charge < -0.3 is 11.5 Å². The van der Waals surface area contributed by atoms with Crippen LogP contribution in [-0.4, -0.2) is 0 Å². The summed E-state index contributed by atoms with van der Waals surface area (Å²) in [5.74, 6) is 0. The molecule has 0 radical (unpaired) electrons. The van der Waals surface area contributed by atoms with Gasteiger partial charge in [-0.2, -0.15) is 0 Å². The van der Waals surface area contributed by atoms with Gasteiger partial charge in [-0.1, -0.05) is 24.9 Å². The van der Waals surface area contributed by atoms with Gasteiger partial charge in [-0.3, -0.25) is 0 Å². The highest BCUT2D eigenvalue weighted by atomic mass is 35.5. The van der Waals surface area contributed by atoms with Gasteiger partial charge in [0.2, 0.25) is 0 Å². The highest BCUT2D eigenvalue weighted by Crippen LogP contribution is 2.28. The first-order chi connectivity index (χ1) is 6.56. The highest BCUT2D eigenvalue weighted by Gasteiger charge is 2.11. The van der Waals surface area contributed by atoms with Gasteiger partial charge in [-0.15, -0.1) is 0 Å². The number of nitrogens with two attached hydrogens (primary N) is 2. The largest absolute Gasteiger partial charge is 0.398 e. The quantitative estimate of drug-likeness (QED) is 0.757. The first-order valence-electron chi connectivity index (χ1n) is 4.87. The molecule has 14 heavy (non-hydrogen) atoms. The number of hydrogen-bond acceptors (Lipinski definition) is 2. The third-order valence-corrected chi connectivity index (χ3v) is 2.60. The first kappa shape index (κ1) is 11.3. The number of rotatable bonds is 3. The van der Waals surface area contributed by atoms with Crippen LogP contribution in [0.3, 0.4) is 0 Å². The molecule has 0 unspecified atom stereocenters. The van der Waals surface area contributed by atoms with Crippen molar-refractivity contribution in [1.29, 1.82) is 0 Å². The van der Waals surface area contributed by atoms with Crippen LogP contribution in [0.25, 0.3) is 0 Å². The molecule has 2 nitrogen and oxygen atoms in total. The van der Waals surface area contributed by atoms with Crippen molar-refractivity contribution in [3.8, 4) is 0 Å². The molecule has 0 fully saturated rings. The maximum atomic E-state index is 6.01. The van der Waals surface area contributed by atoms with E-state index in [4.69, 9.17) is 23.1 Å². The molecule has 1 aromatic rings. The summed E-state index contributed by atoms with van der Waals surface area (Å²) in [5.41, 5.74) is 14.7. The van der Waals surface area contributed by atoms with E-state index in [-0.39, 0.29) is 6.04 Å². The van der Waals surface area contributed by atoms with Crippen molar-refractivity contribution in [2.24, 2.45) is 5.73 Å². The monoisotopic (exact) mass is 212 g/mol. The number of hydrogen-bond donors (Lipinski definition) is 2. The van der Waals surface area contributed by atoms with Crippen LogP contribution in [0.5, 0.6) is 0 Å². The van der Waals surface area contributed by atoms with Crippen molar-refractivity contribution in [1.82, 2.24) is 0 Å². The summed E-state index contributed by atoms with van der Waals surface area (Å²) in [5, 5.41) is 0.707. The fourth-order valence-electron chi connectivity index (χ4n) is 1.55. The molecule has 4 N–H and O–H groups in total. The molecule has 0 amide bonds. The Balaban J connectivity index is 3.07. The number of halogens is 1. The Bertz CT molecular complexity index is 323. The Labute approximate surface area is 90.2 Å². The molecule has 78 valence electrons. The van der Waals surface area contributed by atoms with Crippen molar-refractivity contribution in [2.75, 3.05) is 5.73 Å². The van der Waals surface area contributed by atoms with Gasteiger partial charge in [0.1, 0.15) is 0 Å². The molecule has 0 aromatic heterocycles. The van der Waals surface area contributed by atoms with Crippen molar-refractivity contribution in [2.45, 2.75) is 32.7 Å². The number of benzene rings is 1. The zero-order chi connectivity index (χ0) is 10.7. The minimum atomic E-state index is -0.00241. The van der Waals surface area contributed by atoms with Crippen LogP contribution in [-0.2, 0) is 0 Å². The van der Waals surface area contributed by atoms with Crippen molar-refractivity contribution in [3.63, 3.8) is 0 Å². The van der Waals surface area contributed by atoms with Crippen LogP contribution >= 0.6 is 11.6 Å². The summed E-state index contributed by atoms with van der Waals surface area (Å²) in [4.78, 5) is 0. The molecule has 3 heteroatoms. The van der Waals surface area contributed by atoms with Gasteiger partial charge in [-0.25, -0.2) is 0 Å². The van der Waals surface area contributed by atoms with E-state index in [2.05, 4.69) is 6.92 Å². The summed E-state index contributed by atoms with van der Waals surface area (Å²) in [6, 6.07) is 3.72. The van der Waals surface area contributed by atoms with Crippen molar-refractivity contribution in [3.05, 3.63) is 28.3 Å². The molecule has 0 saturated carbocycles. The predicted octanol–water partition coefficient (Wildman–Crippen LogP) is 3.03. The Hall–Kier alpha value is -0.730. The Kier molecular flexibility index (Phi) is 3.78. The summed E-state index contributed by atoms with van der Waals surface area (Å²) in [7, 11) is 0. The molecule has 1 rings (SSSR count). The van der Waals surface area contributed by atoms with Crippen molar-refractivity contribution < 1.29 is 0 Å². The van der Waals surface area contributed by atoms with Gasteiger partial charge >= 0.3 is 0 Å². The Morgan fingerprint density at radius 1 is 1.43 bits per heavy atom. The predicted molar refractivity (Wildman–Crippen MR) is 62.4 cm³/mol. The third kappa shape index (κ3) is 2.40. The normalized spacial score (nSPS) is 12.9. The van der Waals surface area contributed by atoms with E-state index in [1.165, 1.54) is 0 Å². The topological polar surface area (TPSA) is 52.0 Å². The van der Waals surface area contributed by atoms with E-state index in [0.717, 1.165) is 29.7 Å². The summed E-state index contributed by atoms with van der Waals surface area (Å²) >= 11 is 5.96. The number of aryl methyl sites for hydroxylation is 1. The van der Waals surface area contributed by atoms with Crippen molar-refractivity contribution >= 4 is 17.3 Å². The van der Waals surface area contributed by atoms with Crippen LogP contribution in [0.2, 0.25) is 5.02 Å². The van der Waals surface area contributed by atoms with E-state index >= 15 is 0 Å². The van der Waals surface area contributed by atoms with Gasteiger partial charge in [0.05, 0.1) is 0 Å². The second-order valence-electron chi connectivity index (χ2n) is 3.62. The minimum absolute atomic E-state index is 0.00241. The molecule has 1 atom stereocenters. The van der Waals surface area contributed by atoms with Gasteiger partial charge in [0.15, 0.2) is 0 Å². The molecule has 0 spiro atoms. The van der Waals surface area contributed by atoms with Crippen LogP contribution in [0.15, 0.2) is 12.1 Å². The van der Waals surface area contributed by atoms with Crippen LogP contribution in [0.1, 0.15) is 36.9 Å². The Morgan fingerprint density at radius 3 is 2.64 bits per heavy atom. The molecule has 1 aromatic carbocycles. The smallest absolute Gasteiger partial charge is 0.0413 e. The lowest BCUT2D eigenvalue weighted by atomic mass is 9.99. The molecule has 0 saturated heterocycles. The second kappa shape index (κ2) is 4.67. The highest BCUT2D eigenvalue weighted by molar-refractivity contribution is 6.30. The lowest BCUT2D eigenvalue weighted by Gasteiger charge is -2.15. The fraction of sp³-hybridized carbons (Fsp3) is 0.455. The number of anilines is 1. The average molecular weight is 213 g/mol. The summed E-state index contributed by atoms with van der Waals surface area (Å²) in [6.07, 6.45) is 1.98. The van der Waals surface area contributed by atoms with Gasteiger partial charge in [0, 0.05) is 16.8 Å². The molecule has 0 aliphatic carbocycles. The second-order valence-corrected chi connectivity index (χ2v) is 4.06. The fourth-order valence-corrected chi connectivity index (χ4v) is 1.83. The van der Waals surface area contributed by atoms with E-state index in [1.807, 2.05) is 19.1 Å².